The van der Waals surface area contributed by atoms with Gasteiger partial charge in [0.15, 0.2) is 0 Å². The van der Waals surface area contributed by atoms with Crippen LogP contribution in [0.2, 0.25) is 5.02 Å². The maximum Gasteiger partial charge on any atom is 0.139 e. The van der Waals surface area contributed by atoms with Crippen LogP contribution in [0, 0.1) is 6.92 Å². The van der Waals surface area contributed by atoms with Crippen molar-refractivity contribution in [3.63, 3.8) is 0 Å². The molecule has 3 rings (SSSR count). The molecule has 1 atom stereocenters. The normalized spacial score (nSPS) is 12.2. The van der Waals surface area contributed by atoms with Gasteiger partial charge < -0.3 is 15.7 Å². The van der Waals surface area contributed by atoms with Gasteiger partial charge in [-0.1, -0.05) is 18.5 Å². The van der Waals surface area contributed by atoms with Crippen molar-refractivity contribution < 1.29 is 5.11 Å². The summed E-state index contributed by atoms with van der Waals surface area (Å²) in [6.07, 6.45) is 2.74. The molecule has 130 valence electrons. The highest BCUT2D eigenvalue weighted by Gasteiger charge is 2.12. The van der Waals surface area contributed by atoms with Gasteiger partial charge in [0.05, 0.1) is 11.2 Å². The van der Waals surface area contributed by atoms with Gasteiger partial charge in [-0.15, -0.1) is 0 Å². The fourth-order valence-corrected chi connectivity index (χ4v) is 2.91. The second kappa shape index (κ2) is 7.19. The van der Waals surface area contributed by atoms with E-state index in [1.165, 1.54) is 0 Å². The monoisotopic (exact) mass is 355 g/mol. The lowest BCUT2D eigenvalue weighted by Gasteiger charge is -2.20. The number of rotatable bonds is 5. The minimum Gasteiger partial charge on any atom is -0.506 e. The van der Waals surface area contributed by atoms with Gasteiger partial charge in [-0.2, -0.15) is 0 Å². The third kappa shape index (κ3) is 3.64. The van der Waals surface area contributed by atoms with Crippen LogP contribution in [0.15, 0.2) is 42.6 Å². The molecular formula is C20H22ClN3O. The van der Waals surface area contributed by atoms with Crippen molar-refractivity contribution in [2.45, 2.75) is 33.2 Å². The molecule has 0 spiro atoms. The number of benzene rings is 2. The summed E-state index contributed by atoms with van der Waals surface area (Å²) in [7, 11) is 0. The van der Waals surface area contributed by atoms with Crippen molar-refractivity contribution in [3.05, 3.63) is 53.2 Å². The number of hydrogen-bond acceptors (Lipinski definition) is 4. The Bertz CT molecular complexity index is 911. The van der Waals surface area contributed by atoms with Crippen molar-refractivity contribution in [1.29, 1.82) is 0 Å². The molecule has 2 aromatic carbocycles. The van der Waals surface area contributed by atoms with Crippen LogP contribution in [0.3, 0.4) is 0 Å². The Kier molecular flexibility index (Phi) is 5.00. The van der Waals surface area contributed by atoms with Crippen LogP contribution in [-0.2, 0) is 0 Å². The average molecular weight is 356 g/mol. The molecule has 0 aliphatic heterocycles. The first kappa shape index (κ1) is 17.4. The second-order valence-corrected chi connectivity index (χ2v) is 6.67. The molecule has 0 aliphatic rings. The highest BCUT2D eigenvalue weighted by Crippen LogP contribution is 2.36. The minimum absolute atomic E-state index is 0.259. The molecule has 1 aromatic heterocycles. The topological polar surface area (TPSA) is 57.2 Å². The van der Waals surface area contributed by atoms with Gasteiger partial charge in [0.1, 0.15) is 5.75 Å². The summed E-state index contributed by atoms with van der Waals surface area (Å²) in [6, 6.07) is 11.5. The van der Waals surface area contributed by atoms with Crippen molar-refractivity contribution in [2.24, 2.45) is 0 Å². The Morgan fingerprint density at radius 3 is 2.72 bits per heavy atom. The Morgan fingerprint density at radius 1 is 1.16 bits per heavy atom. The number of phenols is 1. The summed E-state index contributed by atoms with van der Waals surface area (Å²) in [5, 5.41) is 18.7. The number of nitrogens with zero attached hydrogens (tertiary/aromatic N) is 1. The molecule has 0 bridgehead atoms. The molecule has 0 fully saturated rings. The molecule has 4 nitrogen and oxygen atoms in total. The molecule has 3 N–H and O–H groups in total. The first-order valence-corrected chi connectivity index (χ1v) is 8.77. The van der Waals surface area contributed by atoms with Gasteiger partial charge >= 0.3 is 0 Å². The smallest absolute Gasteiger partial charge is 0.139 e. The highest BCUT2D eigenvalue weighted by molar-refractivity contribution is 6.31. The first-order valence-electron chi connectivity index (χ1n) is 8.40. The Labute approximate surface area is 152 Å². The Hall–Kier alpha value is -2.46. The summed E-state index contributed by atoms with van der Waals surface area (Å²) in [5.74, 6) is 0.259. The number of phenolic OH excluding ortho intramolecular Hbond substituents is 1. The molecule has 1 heterocycles. The number of fused-ring (bicyclic) bond motifs is 1. The van der Waals surface area contributed by atoms with Crippen LogP contribution < -0.4 is 10.6 Å². The first-order chi connectivity index (χ1) is 12.0. The van der Waals surface area contributed by atoms with E-state index in [4.69, 9.17) is 11.6 Å². The van der Waals surface area contributed by atoms with Crippen LogP contribution in [0.4, 0.5) is 17.1 Å². The molecule has 1 unspecified atom stereocenters. The Morgan fingerprint density at radius 2 is 1.96 bits per heavy atom. The van der Waals surface area contributed by atoms with E-state index in [1.807, 2.05) is 37.3 Å². The summed E-state index contributed by atoms with van der Waals surface area (Å²) in [6.45, 7) is 6.20. The molecule has 3 aromatic rings. The Balaban J connectivity index is 2.00. The standard InChI is InChI=1S/C20H22ClN3O/c1-4-12(2)23-20-13(3)16(7-8-19(20)25)24-17-9-10-22-18-11-14(21)5-6-15(17)18/h5-12,23,25H,4H2,1-3H3,(H,22,24). The van der Waals surface area contributed by atoms with E-state index < -0.39 is 0 Å². The van der Waals surface area contributed by atoms with Crippen LogP contribution in [0.1, 0.15) is 25.8 Å². The minimum atomic E-state index is 0.259. The summed E-state index contributed by atoms with van der Waals surface area (Å²) in [5.41, 5.74) is 4.46. The number of anilines is 3. The zero-order valence-electron chi connectivity index (χ0n) is 14.6. The number of aromatic nitrogens is 1. The number of pyridine rings is 1. The molecule has 0 amide bonds. The maximum absolute atomic E-state index is 10.2. The fourth-order valence-electron chi connectivity index (χ4n) is 2.74. The van der Waals surface area contributed by atoms with Gasteiger partial charge in [0.25, 0.3) is 0 Å². The van der Waals surface area contributed by atoms with E-state index in [2.05, 4.69) is 29.5 Å². The zero-order valence-corrected chi connectivity index (χ0v) is 15.4. The summed E-state index contributed by atoms with van der Waals surface area (Å²) < 4.78 is 0. The molecule has 0 radical (unpaired) electrons. The molecule has 5 heteroatoms. The summed E-state index contributed by atoms with van der Waals surface area (Å²) in [4.78, 5) is 4.37. The molecule has 0 saturated heterocycles. The molecular weight excluding hydrogens is 334 g/mol. The number of aromatic hydroxyl groups is 1. The van der Waals surface area contributed by atoms with E-state index in [0.29, 0.717) is 5.02 Å². The van der Waals surface area contributed by atoms with Gasteiger partial charge in [0, 0.05) is 34.0 Å². The third-order valence-electron chi connectivity index (χ3n) is 4.42. The van der Waals surface area contributed by atoms with Crippen LogP contribution in [0.5, 0.6) is 5.75 Å². The largest absolute Gasteiger partial charge is 0.506 e. The third-order valence-corrected chi connectivity index (χ3v) is 4.66. The van der Waals surface area contributed by atoms with Crippen LogP contribution in [-0.4, -0.2) is 16.1 Å². The second-order valence-electron chi connectivity index (χ2n) is 6.23. The van der Waals surface area contributed by atoms with Crippen molar-refractivity contribution in [1.82, 2.24) is 4.98 Å². The average Bonchev–Trinajstić information content (AvgIpc) is 2.60. The number of halogens is 1. The molecule has 25 heavy (non-hydrogen) atoms. The van der Waals surface area contributed by atoms with E-state index in [1.54, 1.807) is 12.3 Å². The van der Waals surface area contributed by atoms with E-state index >= 15 is 0 Å². The lowest BCUT2D eigenvalue weighted by atomic mass is 10.1. The summed E-state index contributed by atoms with van der Waals surface area (Å²) >= 11 is 6.06. The number of nitrogens with one attached hydrogen (secondary N) is 2. The predicted octanol–water partition coefficient (Wildman–Crippen LogP) is 5.86. The SMILES string of the molecule is CCC(C)Nc1c(O)ccc(Nc2ccnc3cc(Cl)ccc23)c1C. The van der Waals surface area contributed by atoms with Crippen molar-refractivity contribution in [3.8, 4) is 5.75 Å². The van der Waals surface area contributed by atoms with Crippen molar-refractivity contribution in [2.75, 3.05) is 10.6 Å². The van der Waals surface area contributed by atoms with E-state index in [-0.39, 0.29) is 11.8 Å². The van der Waals surface area contributed by atoms with Gasteiger partial charge in [0.2, 0.25) is 0 Å². The maximum atomic E-state index is 10.2. The van der Waals surface area contributed by atoms with Gasteiger partial charge in [-0.25, -0.2) is 0 Å². The lowest BCUT2D eigenvalue weighted by Crippen LogP contribution is -2.14. The fraction of sp³-hybridized carbons (Fsp3) is 0.250. The van der Waals surface area contributed by atoms with Gasteiger partial charge in [-0.3, -0.25) is 4.98 Å². The lowest BCUT2D eigenvalue weighted by molar-refractivity contribution is 0.476. The number of hydrogen-bond donors (Lipinski definition) is 3. The zero-order chi connectivity index (χ0) is 18.0. The van der Waals surface area contributed by atoms with Crippen molar-refractivity contribution >= 4 is 39.6 Å². The predicted molar refractivity (Wildman–Crippen MR) is 106 cm³/mol. The van der Waals surface area contributed by atoms with E-state index in [9.17, 15) is 5.11 Å². The van der Waals surface area contributed by atoms with E-state index in [0.717, 1.165) is 39.9 Å². The van der Waals surface area contributed by atoms with Crippen LogP contribution >= 0.6 is 11.6 Å². The molecule has 0 saturated carbocycles. The quantitative estimate of drug-likeness (QED) is 0.396. The highest BCUT2D eigenvalue weighted by atomic mass is 35.5. The molecule has 0 aliphatic carbocycles. The van der Waals surface area contributed by atoms with Crippen LogP contribution in [0.25, 0.3) is 10.9 Å². The van der Waals surface area contributed by atoms with Gasteiger partial charge in [-0.05, 0) is 62.2 Å².